The zero-order valence-corrected chi connectivity index (χ0v) is 13.4. The zero-order valence-electron chi connectivity index (χ0n) is 13.4. The number of benzene rings is 2. The minimum absolute atomic E-state index is 0.0936. The molecule has 1 atom stereocenters. The Labute approximate surface area is 141 Å². The second-order valence-corrected chi connectivity index (χ2v) is 5.89. The van der Waals surface area contributed by atoms with Gasteiger partial charge in [-0.05, 0) is 36.6 Å². The molecule has 1 heterocycles. The van der Waals surface area contributed by atoms with E-state index < -0.39 is 0 Å². The maximum Gasteiger partial charge on any atom is 0.253 e. The molecule has 4 nitrogen and oxygen atoms in total. The van der Waals surface area contributed by atoms with Gasteiger partial charge in [-0.15, -0.1) is 0 Å². The molecule has 5 heteroatoms. The average Bonchev–Trinajstić information content (AvgIpc) is 3.12. The Hall–Kier alpha value is -2.24. The van der Waals surface area contributed by atoms with Gasteiger partial charge in [0.05, 0.1) is 0 Å². The molecule has 126 valence electrons. The van der Waals surface area contributed by atoms with Gasteiger partial charge in [0.25, 0.3) is 5.91 Å². The molecule has 1 saturated heterocycles. The summed E-state index contributed by atoms with van der Waals surface area (Å²) in [6, 6.07) is 14.4. The molecule has 1 amide bonds. The summed E-state index contributed by atoms with van der Waals surface area (Å²) in [7, 11) is 0. The number of rotatable bonds is 6. The highest BCUT2D eigenvalue weighted by Crippen LogP contribution is 2.16. The van der Waals surface area contributed by atoms with Crippen molar-refractivity contribution in [1.29, 1.82) is 0 Å². The Morgan fingerprint density at radius 2 is 2.04 bits per heavy atom. The average molecular weight is 328 g/mol. The molecule has 0 bridgehead atoms. The van der Waals surface area contributed by atoms with E-state index in [1.54, 1.807) is 12.1 Å². The van der Waals surface area contributed by atoms with Crippen LogP contribution in [-0.4, -0.2) is 18.6 Å². The fourth-order valence-electron chi connectivity index (χ4n) is 2.75. The number of carbonyl (C=O) groups excluding carboxylic acids is 1. The molecule has 0 saturated carbocycles. The van der Waals surface area contributed by atoms with Crippen LogP contribution in [0, 0.1) is 5.82 Å². The highest BCUT2D eigenvalue weighted by molar-refractivity contribution is 5.94. The second-order valence-electron chi connectivity index (χ2n) is 5.89. The van der Waals surface area contributed by atoms with E-state index in [2.05, 4.69) is 10.6 Å². The number of nitrogens with one attached hydrogen (secondary N) is 2. The molecule has 24 heavy (non-hydrogen) atoms. The smallest absolute Gasteiger partial charge is 0.253 e. The Balaban J connectivity index is 1.53. The number of ether oxygens (including phenoxy) is 1. The van der Waals surface area contributed by atoms with E-state index >= 15 is 0 Å². The predicted molar refractivity (Wildman–Crippen MR) is 91.0 cm³/mol. The standard InChI is InChI=1S/C19H21FN2O2/c20-17-8-2-1-6-15(17)13-21-12-14-5-3-7-16(11-14)22-19(23)18-9-4-10-24-18/h1-3,5-8,11,18,21H,4,9-10,12-13H2,(H,22,23)/t18-/m1/s1. The molecule has 0 radical (unpaired) electrons. The Kier molecular flexibility index (Phi) is 5.56. The summed E-state index contributed by atoms with van der Waals surface area (Å²) in [5.74, 6) is -0.299. The molecule has 2 N–H and O–H groups in total. The van der Waals surface area contributed by atoms with Gasteiger partial charge in [0.15, 0.2) is 0 Å². The van der Waals surface area contributed by atoms with Crippen molar-refractivity contribution in [3.63, 3.8) is 0 Å². The number of carbonyl (C=O) groups is 1. The molecule has 1 aliphatic heterocycles. The van der Waals surface area contributed by atoms with Crippen LogP contribution in [0.1, 0.15) is 24.0 Å². The highest BCUT2D eigenvalue weighted by Gasteiger charge is 2.23. The van der Waals surface area contributed by atoms with Gasteiger partial charge in [-0.3, -0.25) is 4.79 Å². The third kappa shape index (κ3) is 4.40. The maximum atomic E-state index is 13.6. The maximum absolute atomic E-state index is 13.6. The monoisotopic (exact) mass is 328 g/mol. The third-order valence-electron chi connectivity index (χ3n) is 4.02. The van der Waals surface area contributed by atoms with Crippen molar-refractivity contribution in [1.82, 2.24) is 5.32 Å². The van der Waals surface area contributed by atoms with E-state index in [-0.39, 0.29) is 17.8 Å². The minimum Gasteiger partial charge on any atom is -0.368 e. The van der Waals surface area contributed by atoms with Gasteiger partial charge in [0, 0.05) is 30.9 Å². The predicted octanol–water partition coefficient (Wildman–Crippen LogP) is 3.23. The molecule has 1 fully saturated rings. The SMILES string of the molecule is O=C(Nc1cccc(CNCc2ccccc2F)c1)[C@H]1CCCO1. The summed E-state index contributed by atoms with van der Waals surface area (Å²) >= 11 is 0. The number of amides is 1. The minimum atomic E-state index is -0.340. The van der Waals surface area contributed by atoms with E-state index in [0.717, 1.165) is 24.1 Å². The van der Waals surface area contributed by atoms with E-state index in [0.29, 0.717) is 25.3 Å². The first-order valence-electron chi connectivity index (χ1n) is 8.18. The van der Waals surface area contributed by atoms with Crippen LogP contribution in [0.15, 0.2) is 48.5 Å². The third-order valence-corrected chi connectivity index (χ3v) is 4.02. The van der Waals surface area contributed by atoms with E-state index in [9.17, 15) is 9.18 Å². The van der Waals surface area contributed by atoms with Crippen molar-refractivity contribution in [2.24, 2.45) is 0 Å². The summed E-state index contributed by atoms with van der Waals surface area (Å²) in [5.41, 5.74) is 2.41. The van der Waals surface area contributed by atoms with Gasteiger partial charge in [-0.1, -0.05) is 30.3 Å². The number of anilines is 1. The number of hydrogen-bond acceptors (Lipinski definition) is 3. The Bertz CT molecular complexity index is 699. The van der Waals surface area contributed by atoms with Crippen molar-refractivity contribution in [3.8, 4) is 0 Å². The molecule has 0 spiro atoms. The number of hydrogen-bond donors (Lipinski definition) is 2. The van der Waals surface area contributed by atoms with Crippen molar-refractivity contribution in [3.05, 3.63) is 65.5 Å². The van der Waals surface area contributed by atoms with E-state index in [1.165, 1.54) is 6.07 Å². The fraction of sp³-hybridized carbons (Fsp3) is 0.316. The van der Waals surface area contributed by atoms with Crippen LogP contribution in [0.2, 0.25) is 0 Å². The molecular weight excluding hydrogens is 307 g/mol. The molecule has 0 aliphatic carbocycles. The lowest BCUT2D eigenvalue weighted by molar-refractivity contribution is -0.124. The van der Waals surface area contributed by atoms with Gasteiger partial charge in [-0.25, -0.2) is 4.39 Å². The van der Waals surface area contributed by atoms with Gasteiger partial charge in [0.1, 0.15) is 11.9 Å². The summed E-state index contributed by atoms with van der Waals surface area (Å²) < 4.78 is 19.0. The molecule has 1 aliphatic rings. The van der Waals surface area contributed by atoms with Crippen LogP contribution in [0.3, 0.4) is 0 Å². The van der Waals surface area contributed by atoms with E-state index in [4.69, 9.17) is 4.74 Å². The van der Waals surface area contributed by atoms with Crippen LogP contribution >= 0.6 is 0 Å². The first kappa shape index (κ1) is 16.6. The lowest BCUT2D eigenvalue weighted by Gasteiger charge is -2.12. The van der Waals surface area contributed by atoms with E-state index in [1.807, 2.05) is 30.3 Å². The molecule has 2 aromatic carbocycles. The molecule has 0 unspecified atom stereocenters. The van der Waals surface area contributed by atoms with Crippen molar-refractivity contribution in [2.45, 2.75) is 32.0 Å². The first-order valence-corrected chi connectivity index (χ1v) is 8.18. The highest BCUT2D eigenvalue weighted by atomic mass is 19.1. The van der Waals surface area contributed by atoms with Gasteiger partial charge in [0.2, 0.25) is 0 Å². The topological polar surface area (TPSA) is 50.4 Å². The Morgan fingerprint density at radius 1 is 1.17 bits per heavy atom. The molecule has 2 aromatic rings. The van der Waals surface area contributed by atoms with Gasteiger partial charge >= 0.3 is 0 Å². The lowest BCUT2D eigenvalue weighted by Crippen LogP contribution is -2.26. The summed E-state index contributed by atoms with van der Waals surface area (Å²) in [6.45, 7) is 1.70. The lowest BCUT2D eigenvalue weighted by atomic mass is 10.1. The molecular formula is C19H21FN2O2. The Morgan fingerprint density at radius 3 is 2.83 bits per heavy atom. The van der Waals surface area contributed by atoms with Crippen molar-refractivity contribution < 1.29 is 13.9 Å². The van der Waals surface area contributed by atoms with Gasteiger partial charge in [-0.2, -0.15) is 0 Å². The molecule has 0 aromatic heterocycles. The van der Waals surface area contributed by atoms with Crippen LogP contribution in [0.4, 0.5) is 10.1 Å². The quantitative estimate of drug-likeness (QED) is 0.856. The zero-order chi connectivity index (χ0) is 16.8. The second kappa shape index (κ2) is 8.04. The van der Waals surface area contributed by atoms with Crippen LogP contribution in [0.5, 0.6) is 0 Å². The fourth-order valence-corrected chi connectivity index (χ4v) is 2.75. The summed E-state index contributed by atoms with van der Waals surface area (Å²) in [5, 5.41) is 6.11. The van der Waals surface area contributed by atoms with Gasteiger partial charge < -0.3 is 15.4 Å². The van der Waals surface area contributed by atoms with Crippen molar-refractivity contribution >= 4 is 11.6 Å². The van der Waals surface area contributed by atoms with Crippen molar-refractivity contribution in [2.75, 3.05) is 11.9 Å². The van der Waals surface area contributed by atoms with Crippen LogP contribution < -0.4 is 10.6 Å². The summed E-state index contributed by atoms with van der Waals surface area (Å²) in [6.07, 6.45) is 1.36. The summed E-state index contributed by atoms with van der Waals surface area (Å²) in [4.78, 5) is 12.1. The first-order chi connectivity index (χ1) is 11.7. The molecule has 3 rings (SSSR count). The largest absolute Gasteiger partial charge is 0.368 e. The normalized spacial score (nSPS) is 17.0. The van der Waals surface area contributed by atoms with Crippen LogP contribution in [-0.2, 0) is 22.6 Å². The van der Waals surface area contributed by atoms with Crippen LogP contribution in [0.25, 0.3) is 0 Å². The number of halogens is 1.